The number of benzene rings is 2. The van der Waals surface area contributed by atoms with Gasteiger partial charge in [-0.3, -0.25) is 9.10 Å². The highest BCUT2D eigenvalue weighted by Crippen LogP contribution is 2.35. The summed E-state index contributed by atoms with van der Waals surface area (Å²) >= 11 is 6.27. The van der Waals surface area contributed by atoms with E-state index in [1.165, 1.54) is 22.5 Å². The Hall–Kier alpha value is -2.13. The lowest BCUT2D eigenvalue weighted by Crippen LogP contribution is -2.36. The van der Waals surface area contributed by atoms with Gasteiger partial charge in [-0.25, -0.2) is 8.42 Å². The molecule has 0 aromatic heterocycles. The zero-order valence-corrected chi connectivity index (χ0v) is 18.6. The van der Waals surface area contributed by atoms with Gasteiger partial charge < -0.3 is 14.4 Å². The second kappa shape index (κ2) is 9.78. The Labute approximate surface area is 182 Å². The Morgan fingerprint density at radius 2 is 1.77 bits per heavy atom. The number of anilines is 1. The number of nitrogens with zero attached hydrogens (tertiary/aromatic N) is 2. The number of methoxy groups -OCH3 is 2. The van der Waals surface area contributed by atoms with Gasteiger partial charge in [0.2, 0.25) is 0 Å². The van der Waals surface area contributed by atoms with E-state index in [9.17, 15) is 13.2 Å². The first kappa shape index (κ1) is 22.6. The van der Waals surface area contributed by atoms with Gasteiger partial charge in [0.1, 0.15) is 4.90 Å². The van der Waals surface area contributed by atoms with Gasteiger partial charge >= 0.3 is 0 Å². The fourth-order valence-electron chi connectivity index (χ4n) is 3.41. The second-order valence-corrected chi connectivity index (χ2v) is 9.12. The molecule has 0 spiro atoms. The number of amides is 1. The van der Waals surface area contributed by atoms with E-state index in [4.69, 9.17) is 21.1 Å². The van der Waals surface area contributed by atoms with Crippen molar-refractivity contribution < 1.29 is 22.7 Å². The van der Waals surface area contributed by atoms with Gasteiger partial charge in [-0.05, 0) is 36.2 Å². The normalized spacial score (nSPS) is 13.4. The van der Waals surface area contributed by atoms with Crippen LogP contribution >= 0.6 is 11.6 Å². The maximum Gasteiger partial charge on any atom is 0.265 e. The summed E-state index contributed by atoms with van der Waals surface area (Å²) in [5.74, 6) is -0.306. The van der Waals surface area contributed by atoms with E-state index in [0.29, 0.717) is 45.0 Å². The van der Waals surface area contributed by atoms with Crippen LogP contribution in [0.4, 0.5) is 5.69 Å². The molecule has 0 N–H and O–H groups in total. The molecule has 162 valence electrons. The van der Waals surface area contributed by atoms with Gasteiger partial charge in [0.15, 0.2) is 0 Å². The van der Waals surface area contributed by atoms with Crippen LogP contribution in [-0.4, -0.2) is 66.3 Å². The van der Waals surface area contributed by atoms with Crippen molar-refractivity contribution in [2.45, 2.75) is 11.3 Å². The fourth-order valence-corrected chi connectivity index (χ4v) is 5.42. The summed E-state index contributed by atoms with van der Waals surface area (Å²) in [6.45, 7) is 1.79. The van der Waals surface area contributed by atoms with Crippen molar-refractivity contribution in [3.8, 4) is 0 Å². The molecule has 0 radical (unpaired) electrons. The van der Waals surface area contributed by atoms with Gasteiger partial charge in [-0.15, -0.1) is 0 Å². The molecule has 1 amide bonds. The highest BCUT2D eigenvalue weighted by molar-refractivity contribution is 7.93. The maximum atomic E-state index is 13.4. The van der Waals surface area contributed by atoms with E-state index >= 15 is 0 Å². The summed E-state index contributed by atoms with van der Waals surface area (Å²) in [4.78, 5) is 14.5. The average molecular weight is 453 g/mol. The summed E-state index contributed by atoms with van der Waals surface area (Å²) < 4.78 is 38.3. The predicted molar refractivity (Wildman–Crippen MR) is 116 cm³/mol. The van der Waals surface area contributed by atoms with Gasteiger partial charge in [0, 0.05) is 39.4 Å². The van der Waals surface area contributed by atoms with Crippen LogP contribution in [0, 0.1) is 0 Å². The second-order valence-electron chi connectivity index (χ2n) is 6.88. The van der Waals surface area contributed by atoms with E-state index in [2.05, 4.69) is 0 Å². The highest BCUT2D eigenvalue weighted by atomic mass is 35.5. The summed E-state index contributed by atoms with van der Waals surface area (Å²) in [6, 6.07) is 11.7. The number of carbonyl (C=O) groups excluding carboxylic acids is 1. The molecule has 0 saturated heterocycles. The fraction of sp³-hybridized carbons (Fsp3) is 0.381. The third-order valence-electron chi connectivity index (χ3n) is 5.01. The molecule has 0 saturated carbocycles. The Kier molecular flexibility index (Phi) is 7.36. The maximum absolute atomic E-state index is 13.4. The Morgan fingerprint density at radius 1 is 1.10 bits per heavy atom. The minimum absolute atomic E-state index is 0.0786. The van der Waals surface area contributed by atoms with Crippen molar-refractivity contribution in [3.05, 3.63) is 58.6 Å². The zero-order valence-electron chi connectivity index (χ0n) is 17.0. The Morgan fingerprint density at radius 3 is 2.43 bits per heavy atom. The first-order valence-electron chi connectivity index (χ1n) is 9.57. The number of para-hydroxylation sites is 1. The van der Waals surface area contributed by atoms with Crippen LogP contribution in [0.1, 0.15) is 15.9 Å². The minimum Gasteiger partial charge on any atom is -0.383 e. The van der Waals surface area contributed by atoms with E-state index in [1.807, 2.05) is 12.1 Å². The van der Waals surface area contributed by atoms with Crippen LogP contribution in [0.15, 0.2) is 47.4 Å². The molecular weight excluding hydrogens is 428 g/mol. The molecule has 0 atom stereocenters. The van der Waals surface area contributed by atoms with Crippen LogP contribution in [-0.2, 0) is 25.9 Å². The molecule has 9 heteroatoms. The number of sulfonamides is 1. The zero-order chi connectivity index (χ0) is 21.7. The van der Waals surface area contributed by atoms with Crippen LogP contribution in [0.2, 0.25) is 5.02 Å². The highest BCUT2D eigenvalue weighted by Gasteiger charge is 2.33. The number of ether oxygens (including phenoxy) is 2. The van der Waals surface area contributed by atoms with Crippen molar-refractivity contribution in [1.82, 2.24) is 4.90 Å². The van der Waals surface area contributed by atoms with Gasteiger partial charge in [-0.1, -0.05) is 29.8 Å². The van der Waals surface area contributed by atoms with Crippen LogP contribution in [0.3, 0.4) is 0 Å². The van der Waals surface area contributed by atoms with Crippen molar-refractivity contribution in [3.63, 3.8) is 0 Å². The molecule has 0 unspecified atom stereocenters. The summed E-state index contributed by atoms with van der Waals surface area (Å²) in [5.41, 5.74) is 1.86. The first-order valence-corrected chi connectivity index (χ1v) is 11.4. The smallest absolute Gasteiger partial charge is 0.265 e. The van der Waals surface area contributed by atoms with E-state index in [-0.39, 0.29) is 21.4 Å². The Balaban J connectivity index is 1.94. The number of rotatable bonds is 9. The molecule has 3 rings (SSSR count). The molecule has 0 aliphatic carbocycles. The minimum atomic E-state index is -3.92. The van der Waals surface area contributed by atoms with Gasteiger partial charge in [0.25, 0.3) is 15.9 Å². The third kappa shape index (κ3) is 4.62. The van der Waals surface area contributed by atoms with E-state index in [1.54, 1.807) is 31.3 Å². The SMILES string of the molecule is COCCN(CCOC)C(=O)c1ccc(Cl)c(S(=O)(=O)N2CCc3ccccc32)c1. The lowest BCUT2D eigenvalue weighted by Gasteiger charge is -2.23. The lowest BCUT2D eigenvalue weighted by atomic mass is 10.2. The van der Waals surface area contributed by atoms with Crippen molar-refractivity contribution in [1.29, 1.82) is 0 Å². The number of fused-ring (bicyclic) bond motifs is 1. The van der Waals surface area contributed by atoms with Gasteiger partial charge in [0.05, 0.1) is 23.9 Å². The van der Waals surface area contributed by atoms with Crippen molar-refractivity contribution in [2.24, 2.45) is 0 Å². The summed E-state index contributed by atoms with van der Waals surface area (Å²) in [6.07, 6.45) is 0.632. The standard InChI is InChI=1S/C21H25ClN2O5S/c1-28-13-11-23(12-14-29-2)21(25)17-7-8-18(22)20(15-17)30(26,27)24-10-9-16-5-3-4-6-19(16)24/h3-8,15H,9-14H2,1-2H3. The molecular formula is C21H25ClN2O5S. The average Bonchev–Trinajstić information content (AvgIpc) is 3.19. The molecule has 1 aliphatic rings. The lowest BCUT2D eigenvalue weighted by molar-refractivity contribution is 0.0627. The number of halogens is 1. The largest absolute Gasteiger partial charge is 0.383 e. The molecule has 2 aromatic carbocycles. The third-order valence-corrected chi connectivity index (χ3v) is 7.30. The van der Waals surface area contributed by atoms with Crippen molar-refractivity contribution in [2.75, 3.05) is 51.4 Å². The molecule has 0 bridgehead atoms. The molecule has 0 fully saturated rings. The summed E-state index contributed by atoms with van der Waals surface area (Å²) in [5, 5.41) is 0.0799. The van der Waals surface area contributed by atoms with Crippen LogP contribution < -0.4 is 4.31 Å². The first-order chi connectivity index (χ1) is 14.4. The van der Waals surface area contributed by atoms with Crippen LogP contribution in [0.5, 0.6) is 0 Å². The topological polar surface area (TPSA) is 76.1 Å². The number of hydrogen-bond acceptors (Lipinski definition) is 5. The molecule has 1 heterocycles. The Bertz CT molecular complexity index is 1000. The quantitative estimate of drug-likeness (QED) is 0.584. The number of hydrogen-bond donors (Lipinski definition) is 0. The number of carbonyl (C=O) groups is 1. The van der Waals surface area contributed by atoms with E-state index in [0.717, 1.165) is 5.56 Å². The van der Waals surface area contributed by atoms with Gasteiger partial charge in [-0.2, -0.15) is 0 Å². The molecule has 2 aromatic rings. The molecule has 30 heavy (non-hydrogen) atoms. The summed E-state index contributed by atoms with van der Waals surface area (Å²) in [7, 11) is -0.806. The predicted octanol–water partition coefficient (Wildman–Crippen LogP) is 2.83. The molecule has 1 aliphatic heterocycles. The van der Waals surface area contributed by atoms with Crippen molar-refractivity contribution >= 4 is 33.2 Å². The van der Waals surface area contributed by atoms with E-state index < -0.39 is 10.0 Å². The monoisotopic (exact) mass is 452 g/mol. The van der Waals surface area contributed by atoms with Crippen LogP contribution in [0.25, 0.3) is 0 Å². The molecule has 7 nitrogen and oxygen atoms in total.